The topological polar surface area (TPSA) is 49.4 Å². The zero-order valence-corrected chi connectivity index (χ0v) is 39.2. The van der Waals surface area contributed by atoms with Crippen LogP contribution in [-0.2, 0) is 9.59 Å². The zero-order chi connectivity index (χ0) is 39.8. The van der Waals surface area contributed by atoms with Gasteiger partial charge in [0.05, 0.1) is 19.6 Å². The molecule has 1 fully saturated rings. The first-order chi connectivity index (χ1) is 27.1. The van der Waals surface area contributed by atoms with E-state index in [0.717, 1.165) is 69.3 Å². The van der Waals surface area contributed by atoms with E-state index in [9.17, 15) is 9.59 Å². The Kier molecular flexibility index (Phi) is 41.7. The SMILES string of the molecule is CCCCCCCCCCCCCCCCCC[N+](CCCCCCCCCCCCCCCCCC)(CCCNC(=O)CCCCC)CN1CCCC1=O.[Cl-]. The van der Waals surface area contributed by atoms with Gasteiger partial charge in [0.1, 0.15) is 0 Å². The number of hydrogen-bond donors (Lipinski definition) is 1. The standard InChI is InChI=1S/C50H99N3O2.ClH/c1-4-7-10-12-14-16-18-20-22-24-26-28-30-32-34-37-45-53(48-52-44-39-42-50(52)55,47-40-43-51-49(54)41-36-9-6-3)46-38-35-33-31-29-27-25-23-21-19-17-15-13-11-8-5-2;/h4-48H2,1-3H3;1H. The summed E-state index contributed by atoms with van der Waals surface area (Å²) in [7, 11) is 0. The molecule has 0 atom stereocenters. The smallest absolute Gasteiger partial charge is 0.226 e. The number of hydrogen-bond acceptors (Lipinski definition) is 2. The summed E-state index contributed by atoms with van der Waals surface area (Å²) in [6.07, 6.45) is 51.5. The van der Waals surface area contributed by atoms with E-state index in [1.807, 2.05) is 0 Å². The molecule has 2 amide bonds. The second-order valence-electron chi connectivity index (χ2n) is 18.2. The van der Waals surface area contributed by atoms with Crippen LogP contribution in [0.5, 0.6) is 0 Å². The van der Waals surface area contributed by atoms with E-state index in [1.165, 1.54) is 219 Å². The van der Waals surface area contributed by atoms with E-state index in [2.05, 4.69) is 31.0 Å². The molecule has 56 heavy (non-hydrogen) atoms. The Morgan fingerprint density at radius 2 is 0.804 bits per heavy atom. The fraction of sp³-hybridized carbons (Fsp3) is 0.960. The van der Waals surface area contributed by atoms with Gasteiger partial charge in [-0.1, -0.05) is 213 Å². The van der Waals surface area contributed by atoms with Gasteiger partial charge in [0.15, 0.2) is 6.67 Å². The number of unbranched alkanes of at least 4 members (excludes halogenated alkanes) is 32. The molecule has 6 heteroatoms. The summed E-state index contributed by atoms with van der Waals surface area (Å²) < 4.78 is 1.05. The molecule has 1 N–H and O–H groups in total. The number of amides is 2. The Morgan fingerprint density at radius 1 is 0.482 bits per heavy atom. The average Bonchev–Trinajstić information content (AvgIpc) is 3.59. The van der Waals surface area contributed by atoms with Crippen LogP contribution >= 0.6 is 0 Å². The molecule has 1 rings (SSSR count). The van der Waals surface area contributed by atoms with Crippen LogP contribution in [0, 0.1) is 0 Å². The van der Waals surface area contributed by atoms with E-state index < -0.39 is 0 Å². The molecule has 5 nitrogen and oxygen atoms in total. The van der Waals surface area contributed by atoms with Crippen LogP contribution in [0.15, 0.2) is 0 Å². The van der Waals surface area contributed by atoms with E-state index in [-0.39, 0.29) is 18.3 Å². The number of carbonyl (C=O) groups excluding carboxylic acids is 2. The highest BCUT2D eigenvalue weighted by molar-refractivity contribution is 5.77. The minimum atomic E-state index is 0. The summed E-state index contributed by atoms with van der Waals surface area (Å²) in [5.74, 6) is 0.586. The van der Waals surface area contributed by atoms with Crippen LogP contribution in [0.25, 0.3) is 0 Å². The van der Waals surface area contributed by atoms with Crippen LogP contribution in [0.4, 0.5) is 0 Å². The fourth-order valence-electron chi connectivity index (χ4n) is 9.02. The second-order valence-corrected chi connectivity index (χ2v) is 18.2. The molecule has 1 aliphatic rings. The van der Waals surface area contributed by atoms with Crippen molar-refractivity contribution in [1.82, 2.24) is 10.2 Å². The van der Waals surface area contributed by atoms with Crippen molar-refractivity contribution in [3.63, 3.8) is 0 Å². The van der Waals surface area contributed by atoms with Gasteiger partial charge >= 0.3 is 0 Å². The highest BCUT2D eigenvalue weighted by Gasteiger charge is 2.33. The summed E-state index contributed by atoms with van der Waals surface area (Å²) >= 11 is 0. The van der Waals surface area contributed by atoms with Crippen molar-refractivity contribution in [1.29, 1.82) is 0 Å². The van der Waals surface area contributed by atoms with Gasteiger partial charge in [-0.2, -0.15) is 0 Å². The lowest BCUT2D eigenvalue weighted by molar-refractivity contribution is -0.936. The van der Waals surface area contributed by atoms with E-state index in [4.69, 9.17) is 0 Å². The van der Waals surface area contributed by atoms with E-state index in [1.54, 1.807) is 0 Å². The Balaban J connectivity index is 0.0000302. The largest absolute Gasteiger partial charge is 1.00 e. The van der Waals surface area contributed by atoms with E-state index >= 15 is 0 Å². The van der Waals surface area contributed by atoms with Crippen LogP contribution in [0.1, 0.15) is 271 Å². The van der Waals surface area contributed by atoms with Crippen molar-refractivity contribution < 1.29 is 26.5 Å². The molecule has 0 unspecified atom stereocenters. The molecule has 0 aliphatic carbocycles. The van der Waals surface area contributed by atoms with Gasteiger partial charge in [0.25, 0.3) is 0 Å². The second kappa shape index (κ2) is 42.3. The normalized spacial score (nSPS) is 13.1. The number of halogens is 1. The number of quaternary nitrogens is 1. The number of likely N-dealkylation sites (tertiary alicyclic amines) is 1. The molecule has 0 spiro atoms. The Labute approximate surface area is 357 Å². The summed E-state index contributed by atoms with van der Waals surface area (Å²) in [5.41, 5.74) is 0. The molecule has 0 aromatic carbocycles. The minimum absolute atomic E-state index is 0. The van der Waals surface area contributed by atoms with Crippen molar-refractivity contribution in [2.75, 3.05) is 39.4 Å². The predicted octanol–water partition coefficient (Wildman–Crippen LogP) is 12.0. The maximum absolute atomic E-state index is 12.9. The van der Waals surface area contributed by atoms with Gasteiger partial charge in [-0.3, -0.25) is 14.5 Å². The van der Waals surface area contributed by atoms with Gasteiger partial charge < -0.3 is 22.2 Å². The molecule has 0 saturated carbocycles. The zero-order valence-electron chi connectivity index (χ0n) is 38.4. The lowest BCUT2D eigenvalue weighted by Crippen LogP contribution is -3.00. The summed E-state index contributed by atoms with van der Waals surface area (Å²) in [6, 6.07) is 0. The first-order valence-electron chi connectivity index (χ1n) is 25.5. The highest BCUT2D eigenvalue weighted by atomic mass is 35.5. The summed E-state index contributed by atoms with van der Waals surface area (Å²) in [5, 5.41) is 3.23. The van der Waals surface area contributed by atoms with Crippen molar-refractivity contribution in [3.05, 3.63) is 0 Å². The molecule has 0 bridgehead atoms. The van der Waals surface area contributed by atoms with Crippen LogP contribution in [0.2, 0.25) is 0 Å². The van der Waals surface area contributed by atoms with Crippen LogP contribution < -0.4 is 17.7 Å². The first kappa shape index (κ1) is 55.2. The third kappa shape index (κ3) is 34.1. The van der Waals surface area contributed by atoms with Gasteiger partial charge in [-0.15, -0.1) is 0 Å². The van der Waals surface area contributed by atoms with Crippen LogP contribution in [-0.4, -0.2) is 60.6 Å². The van der Waals surface area contributed by atoms with Gasteiger partial charge in [0.2, 0.25) is 11.8 Å². The number of carbonyl (C=O) groups is 2. The molecular weight excluding hydrogens is 710 g/mol. The molecule has 0 aromatic heterocycles. The molecular formula is C50H100ClN3O2. The number of rotatable bonds is 44. The lowest BCUT2D eigenvalue weighted by atomic mass is 10.0. The van der Waals surface area contributed by atoms with Gasteiger partial charge in [-0.05, 0) is 38.5 Å². The van der Waals surface area contributed by atoms with Crippen molar-refractivity contribution in [2.45, 2.75) is 271 Å². The van der Waals surface area contributed by atoms with Crippen molar-refractivity contribution >= 4 is 11.8 Å². The van der Waals surface area contributed by atoms with Gasteiger partial charge in [0, 0.05) is 32.4 Å². The highest BCUT2D eigenvalue weighted by Crippen LogP contribution is 2.22. The molecule has 1 aliphatic heterocycles. The average molecular weight is 811 g/mol. The Hall–Kier alpha value is -0.810. The fourth-order valence-corrected chi connectivity index (χ4v) is 9.02. The molecule has 0 aromatic rings. The molecule has 1 saturated heterocycles. The summed E-state index contributed by atoms with van der Waals surface area (Å²) in [6.45, 7) is 12.8. The quantitative estimate of drug-likeness (QED) is 0.0492. The third-order valence-electron chi connectivity index (χ3n) is 12.8. The van der Waals surface area contributed by atoms with Crippen molar-refractivity contribution in [3.8, 4) is 0 Å². The first-order valence-corrected chi connectivity index (χ1v) is 25.5. The Morgan fingerprint density at radius 3 is 1.14 bits per heavy atom. The molecule has 334 valence electrons. The minimum Gasteiger partial charge on any atom is -1.00 e. The predicted molar refractivity (Wildman–Crippen MR) is 242 cm³/mol. The third-order valence-corrected chi connectivity index (χ3v) is 12.8. The van der Waals surface area contributed by atoms with Gasteiger partial charge in [-0.25, -0.2) is 0 Å². The van der Waals surface area contributed by atoms with Crippen LogP contribution in [0.3, 0.4) is 0 Å². The van der Waals surface area contributed by atoms with E-state index in [0.29, 0.717) is 12.3 Å². The maximum atomic E-state index is 12.9. The number of nitrogens with one attached hydrogen (secondary N) is 1. The number of nitrogens with zero attached hydrogens (tertiary/aromatic N) is 2. The molecule has 0 radical (unpaired) electrons. The summed E-state index contributed by atoms with van der Waals surface area (Å²) in [4.78, 5) is 27.6. The molecule has 1 heterocycles. The monoisotopic (exact) mass is 810 g/mol. The lowest BCUT2D eigenvalue weighted by Gasteiger charge is -2.41. The maximum Gasteiger partial charge on any atom is 0.226 e. The van der Waals surface area contributed by atoms with Crippen molar-refractivity contribution in [2.24, 2.45) is 0 Å². The Bertz CT molecular complexity index is 803.